The van der Waals surface area contributed by atoms with Gasteiger partial charge in [0, 0.05) is 18.8 Å². The fourth-order valence-electron chi connectivity index (χ4n) is 2.98. The van der Waals surface area contributed by atoms with Gasteiger partial charge in [0.1, 0.15) is 11.5 Å². The Bertz CT molecular complexity index is 744. The van der Waals surface area contributed by atoms with E-state index in [0.717, 1.165) is 24.2 Å². The third-order valence-electron chi connectivity index (χ3n) is 4.31. The second-order valence-corrected chi connectivity index (χ2v) is 5.89. The molecule has 0 radical (unpaired) electrons. The van der Waals surface area contributed by atoms with Crippen LogP contribution in [0.5, 0.6) is 11.5 Å². The number of hydrogen-bond donors (Lipinski definition) is 1. The quantitative estimate of drug-likeness (QED) is 0.668. The van der Waals surface area contributed by atoms with E-state index in [1.165, 1.54) is 25.6 Å². The average molecular weight is 323 g/mol. The van der Waals surface area contributed by atoms with Crippen molar-refractivity contribution >= 4 is 24.1 Å². The number of methoxy groups -OCH3 is 1. The fraction of sp³-hybridized carbons (Fsp3) is 0.250. The monoisotopic (exact) mass is 323 g/mol. The summed E-state index contributed by atoms with van der Waals surface area (Å²) in [6.45, 7) is 2.27. The summed E-state index contributed by atoms with van der Waals surface area (Å²) in [7, 11) is 1.48. The normalized spacial score (nSPS) is 14.3. The number of nitrogens with zero attached hydrogens (tertiary/aromatic N) is 1. The van der Waals surface area contributed by atoms with Crippen molar-refractivity contribution in [1.82, 2.24) is 0 Å². The molecule has 0 aromatic heterocycles. The molecule has 124 valence electrons. The van der Waals surface area contributed by atoms with Gasteiger partial charge >= 0.3 is 0 Å². The first-order valence-electron chi connectivity index (χ1n) is 8.10. The maximum Gasteiger partial charge on any atom is 0.157 e. The highest BCUT2D eigenvalue weighted by atomic mass is 16.5. The van der Waals surface area contributed by atoms with E-state index in [-0.39, 0.29) is 11.3 Å². The molecule has 1 fully saturated rings. The molecule has 3 rings (SSSR count). The number of aromatic hydroxyl groups is 1. The molecular formula is C20H21NO3. The van der Waals surface area contributed by atoms with Crippen LogP contribution in [0.3, 0.4) is 0 Å². The molecule has 0 aliphatic carbocycles. The zero-order valence-electron chi connectivity index (χ0n) is 13.7. The second kappa shape index (κ2) is 7.21. The molecule has 0 atom stereocenters. The first-order valence-corrected chi connectivity index (χ1v) is 8.10. The molecule has 4 nitrogen and oxygen atoms in total. The molecule has 0 unspecified atom stereocenters. The van der Waals surface area contributed by atoms with Crippen molar-refractivity contribution in [2.45, 2.75) is 12.8 Å². The summed E-state index contributed by atoms with van der Waals surface area (Å²) < 4.78 is 5.15. The standard InChI is InChI=1S/C20H21NO3/c1-24-20-13-16(12-19(23)18(20)14-22)5-4-15-6-8-17(9-7-15)21-10-2-3-11-21/h4-9,12-14,23H,2-3,10-11H2,1H3. The van der Waals surface area contributed by atoms with Crippen LogP contribution in [0.25, 0.3) is 12.2 Å². The number of phenols is 1. The van der Waals surface area contributed by atoms with Crippen LogP contribution >= 0.6 is 0 Å². The second-order valence-electron chi connectivity index (χ2n) is 5.89. The molecule has 1 N–H and O–H groups in total. The molecule has 2 aromatic carbocycles. The number of rotatable bonds is 5. The Morgan fingerprint density at radius 1 is 1.04 bits per heavy atom. The van der Waals surface area contributed by atoms with Crippen LogP contribution in [0.4, 0.5) is 5.69 Å². The van der Waals surface area contributed by atoms with Crippen molar-refractivity contribution < 1.29 is 14.6 Å². The van der Waals surface area contributed by atoms with E-state index in [0.29, 0.717) is 12.0 Å². The molecule has 1 saturated heterocycles. The Hall–Kier alpha value is -2.75. The van der Waals surface area contributed by atoms with Crippen molar-refractivity contribution in [3.8, 4) is 11.5 Å². The van der Waals surface area contributed by atoms with Crippen LogP contribution in [0.15, 0.2) is 36.4 Å². The van der Waals surface area contributed by atoms with Crippen LogP contribution in [0.2, 0.25) is 0 Å². The van der Waals surface area contributed by atoms with Gasteiger partial charge in [-0.1, -0.05) is 24.3 Å². The molecule has 0 spiro atoms. The van der Waals surface area contributed by atoms with Crippen molar-refractivity contribution in [2.24, 2.45) is 0 Å². The number of phenolic OH excluding ortho intramolecular Hbond substituents is 1. The Labute approximate surface area is 142 Å². The van der Waals surface area contributed by atoms with E-state index in [2.05, 4.69) is 29.2 Å². The average Bonchev–Trinajstić information content (AvgIpc) is 3.14. The highest BCUT2D eigenvalue weighted by Gasteiger charge is 2.11. The fourth-order valence-corrected chi connectivity index (χ4v) is 2.98. The first kappa shape index (κ1) is 16.1. The molecule has 1 aliphatic rings. The molecular weight excluding hydrogens is 302 g/mol. The third kappa shape index (κ3) is 3.43. The predicted octanol–water partition coefficient (Wildman–Crippen LogP) is 3.98. The molecule has 1 heterocycles. The maximum atomic E-state index is 11.0. The van der Waals surface area contributed by atoms with Crippen molar-refractivity contribution in [1.29, 1.82) is 0 Å². The van der Waals surface area contributed by atoms with E-state index in [4.69, 9.17) is 4.74 Å². The lowest BCUT2D eigenvalue weighted by molar-refractivity contribution is 0.111. The number of hydrogen-bond acceptors (Lipinski definition) is 4. The lowest BCUT2D eigenvalue weighted by Gasteiger charge is -2.17. The molecule has 0 amide bonds. The number of anilines is 1. The molecule has 2 aromatic rings. The van der Waals surface area contributed by atoms with E-state index < -0.39 is 0 Å². The summed E-state index contributed by atoms with van der Waals surface area (Å²) in [6.07, 6.45) is 7.00. The molecule has 0 bridgehead atoms. The van der Waals surface area contributed by atoms with Crippen LogP contribution in [-0.4, -0.2) is 31.6 Å². The SMILES string of the molecule is COc1cc(C=Cc2ccc(N3CCCC3)cc2)cc(O)c1C=O. The minimum absolute atomic E-state index is 0.0756. The largest absolute Gasteiger partial charge is 0.507 e. The van der Waals surface area contributed by atoms with Crippen molar-refractivity contribution in [3.05, 3.63) is 53.1 Å². The van der Waals surface area contributed by atoms with Gasteiger partial charge < -0.3 is 14.7 Å². The topological polar surface area (TPSA) is 49.8 Å². The number of aldehydes is 1. The van der Waals surface area contributed by atoms with Gasteiger partial charge in [0.05, 0.1) is 12.7 Å². The molecule has 1 aliphatic heterocycles. The molecule has 0 saturated carbocycles. The predicted molar refractivity (Wildman–Crippen MR) is 96.9 cm³/mol. The Kier molecular flexibility index (Phi) is 4.85. The van der Waals surface area contributed by atoms with Gasteiger partial charge in [0.2, 0.25) is 0 Å². The number of benzene rings is 2. The highest BCUT2D eigenvalue weighted by molar-refractivity contribution is 5.85. The summed E-state index contributed by atoms with van der Waals surface area (Å²) >= 11 is 0. The highest BCUT2D eigenvalue weighted by Crippen LogP contribution is 2.29. The van der Waals surface area contributed by atoms with Crippen molar-refractivity contribution in [2.75, 3.05) is 25.1 Å². The Balaban J connectivity index is 1.78. The summed E-state index contributed by atoms with van der Waals surface area (Å²) in [5, 5.41) is 9.91. The lowest BCUT2D eigenvalue weighted by atomic mass is 10.1. The first-order chi connectivity index (χ1) is 11.7. The Morgan fingerprint density at radius 2 is 1.71 bits per heavy atom. The van der Waals surface area contributed by atoms with E-state index in [9.17, 15) is 9.90 Å². The summed E-state index contributed by atoms with van der Waals surface area (Å²) in [6, 6.07) is 11.7. The van der Waals surface area contributed by atoms with Crippen LogP contribution < -0.4 is 9.64 Å². The van der Waals surface area contributed by atoms with Gasteiger partial charge in [-0.2, -0.15) is 0 Å². The third-order valence-corrected chi connectivity index (χ3v) is 4.31. The number of ether oxygens (including phenoxy) is 1. The number of carbonyl (C=O) groups excluding carboxylic acids is 1. The van der Waals surface area contributed by atoms with Crippen LogP contribution in [0.1, 0.15) is 34.3 Å². The summed E-state index contributed by atoms with van der Waals surface area (Å²) in [5.74, 6) is 0.294. The molecule has 4 heteroatoms. The summed E-state index contributed by atoms with van der Waals surface area (Å²) in [4.78, 5) is 13.4. The van der Waals surface area contributed by atoms with Gasteiger partial charge in [-0.05, 0) is 48.2 Å². The summed E-state index contributed by atoms with van der Waals surface area (Å²) in [5.41, 5.74) is 3.29. The van der Waals surface area contributed by atoms with Crippen molar-refractivity contribution in [3.63, 3.8) is 0 Å². The number of carbonyl (C=O) groups is 1. The zero-order valence-corrected chi connectivity index (χ0v) is 13.7. The minimum Gasteiger partial charge on any atom is -0.507 e. The maximum absolute atomic E-state index is 11.0. The van der Waals surface area contributed by atoms with E-state index in [1.54, 1.807) is 12.1 Å². The Morgan fingerprint density at radius 3 is 2.33 bits per heavy atom. The lowest BCUT2D eigenvalue weighted by Crippen LogP contribution is -2.17. The smallest absolute Gasteiger partial charge is 0.157 e. The van der Waals surface area contributed by atoms with Gasteiger partial charge in [-0.25, -0.2) is 0 Å². The minimum atomic E-state index is -0.0756. The van der Waals surface area contributed by atoms with Gasteiger partial charge in [0.25, 0.3) is 0 Å². The van der Waals surface area contributed by atoms with E-state index in [1.807, 2.05) is 12.2 Å². The zero-order chi connectivity index (χ0) is 16.9. The van der Waals surface area contributed by atoms with Gasteiger partial charge in [-0.3, -0.25) is 4.79 Å². The van der Waals surface area contributed by atoms with Crippen LogP contribution in [0, 0.1) is 0 Å². The van der Waals surface area contributed by atoms with E-state index >= 15 is 0 Å². The molecule has 24 heavy (non-hydrogen) atoms. The van der Waals surface area contributed by atoms with Gasteiger partial charge in [0.15, 0.2) is 6.29 Å². The van der Waals surface area contributed by atoms with Gasteiger partial charge in [-0.15, -0.1) is 0 Å². The van der Waals surface area contributed by atoms with Crippen LogP contribution in [-0.2, 0) is 0 Å².